The summed E-state index contributed by atoms with van der Waals surface area (Å²) < 4.78 is 18.9. The summed E-state index contributed by atoms with van der Waals surface area (Å²) in [5.74, 6) is -0.290. The van der Waals surface area contributed by atoms with E-state index in [-0.39, 0.29) is 50.4 Å². The lowest BCUT2D eigenvalue weighted by Crippen LogP contribution is -2.28. The fourth-order valence-electron chi connectivity index (χ4n) is 2.29. The van der Waals surface area contributed by atoms with Crippen LogP contribution in [-0.4, -0.2) is 36.7 Å². The molecule has 2 amide bonds. The third-order valence-corrected chi connectivity index (χ3v) is 3.82. The topological polar surface area (TPSA) is 87.7 Å². The smallest absolute Gasteiger partial charge is 0.258 e. The van der Waals surface area contributed by atoms with E-state index in [9.17, 15) is 14.0 Å². The van der Waals surface area contributed by atoms with Gasteiger partial charge in [0.2, 0.25) is 5.91 Å². The van der Waals surface area contributed by atoms with Crippen LogP contribution in [0, 0.1) is 12.7 Å². The van der Waals surface area contributed by atoms with E-state index >= 15 is 0 Å². The highest BCUT2D eigenvalue weighted by atomic mass is 19.1. The van der Waals surface area contributed by atoms with E-state index < -0.39 is 0 Å². The van der Waals surface area contributed by atoms with E-state index in [1.807, 2.05) is 0 Å². The van der Waals surface area contributed by atoms with Gasteiger partial charge < -0.3 is 20.5 Å². The third-order valence-electron chi connectivity index (χ3n) is 3.82. The minimum atomic E-state index is -0.316. The van der Waals surface area contributed by atoms with Gasteiger partial charge in [-0.05, 0) is 41.8 Å². The average Bonchev–Trinajstić information content (AvgIpc) is 2.66. The molecule has 0 aliphatic rings. The van der Waals surface area contributed by atoms with Crippen LogP contribution < -0.4 is 15.4 Å². The van der Waals surface area contributed by atoms with Crippen LogP contribution in [0.5, 0.6) is 5.75 Å². The molecule has 0 atom stereocenters. The number of ether oxygens (including phenoxy) is 1. The van der Waals surface area contributed by atoms with Crippen molar-refractivity contribution in [1.29, 1.82) is 0 Å². The molecule has 2 rings (SSSR count). The molecule has 0 aliphatic heterocycles. The molecule has 0 saturated heterocycles. The second kappa shape index (κ2) is 10.3. The first kappa shape index (κ1) is 20.4. The molecule has 0 radical (unpaired) electrons. The van der Waals surface area contributed by atoms with Crippen molar-refractivity contribution < 1.29 is 23.8 Å². The molecule has 27 heavy (non-hydrogen) atoms. The number of hydrogen-bond acceptors (Lipinski definition) is 4. The van der Waals surface area contributed by atoms with Crippen molar-refractivity contribution in [2.45, 2.75) is 19.9 Å². The summed E-state index contributed by atoms with van der Waals surface area (Å²) in [6.07, 6.45) is 0.202. The van der Waals surface area contributed by atoms with Crippen LogP contribution in [0.25, 0.3) is 0 Å². The normalized spacial score (nSPS) is 10.3. The lowest BCUT2D eigenvalue weighted by Gasteiger charge is -2.09. The lowest BCUT2D eigenvalue weighted by molar-refractivity contribution is -0.123. The maximum atomic E-state index is 13.5. The SMILES string of the molecule is Cc1ccc(CNC(=O)COc2ccc(CC(=O)NCCO)cc2)cc1F. The monoisotopic (exact) mass is 374 g/mol. The van der Waals surface area contributed by atoms with Crippen molar-refractivity contribution in [1.82, 2.24) is 10.6 Å². The Morgan fingerprint density at radius 3 is 2.41 bits per heavy atom. The zero-order chi connectivity index (χ0) is 19.6. The molecular weight excluding hydrogens is 351 g/mol. The van der Waals surface area contributed by atoms with Crippen molar-refractivity contribution in [2.24, 2.45) is 0 Å². The summed E-state index contributed by atoms with van der Waals surface area (Å²) in [6, 6.07) is 11.6. The Morgan fingerprint density at radius 2 is 1.74 bits per heavy atom. The number of aliphatic hydroxyl groups excluding tert-OH is 1. The van der Waals surface area contributed by atoms with Gasteiger partial charge in [0.05, 0.1) is 13.0 Å². The van der Waals surface area contributed by atoms with Gasteiger partial charge in [0.25, 0.3) is 5.91 Å². The van der Waals surface area contributed by atoms with E-state index in [0.29, 0.717) is 16.9 Å². The number of amides is 2. The number of rotatable bonds is 9. The molecule has 0 fully saturated rings. The first-order chi connectivity index (χ1) is 13.0. The summed E-state index contributed by atoms with van der Waals surface area (Å²) >= 11 is 0. The number of benzene rings is 2. The van der Waals surface area contributed by atoms with Crippen molar-refractivity contribution in [3.63, 3.8) is 0 Å². The molecule has 2 aromatic carbocycles. The van der Waals surface area contributed by atoms with Crippen molar-refractivity contribution >= 4 is 11.8 Å². The first-order valence-electron chi connectivity index (χ1n) is 8.59. The predicted molar refractivity (Wildman–Crippen MR) is 98.7 cm³/mol. The van der Waals surface area contributed by atoms with Gasteiger partial charge in [-0.3, -0.25) is 9.59 Å². The summed E-state index contributed by atoms with van der Waals surface area (Å²) in [7, 11) is 0. The van der Waals surface area contributed by atoms with Crippen LogP contribution >= 0.6 is 0 Å². The zero-order valence-electron chi connectivity index (χ0n) is 15.1. The van der Waals surface area contributed by atoms with Gasteiger partial charge in [-0.2, -0.15) is 0 Å². The Labute approximate surface area is 157 Å². The Hall–Kier alpha value is -2.93. The molecule has 0 aromatic heterocycles. The Kier molecular flexibility index (Phi) is 7.76. The standard InChI is InChI=1S/C20H23FN2O4/c1-14-2-3-16(10-18(14)21)12-23-20(26)13-27-17-6-4-15(5-7-17)11-19(25)22-8-9-24/h2-7,10,24H,8-9,11-13H2,1H3,(H,22,25)(H,23,26). The maximum absolute atomic E-state index is 13.5. The summed E-state index contributed by atoms with van der Waals surface area (Å²) in [6.45, 7) is 1.87. The van der Waals surface area contributed by atoms with E-state index in [2.05, 4.69) is 10.6 Å². The highest BCUT2D eigenvalue weighted by Gasteiger charge is 2.06. The molecule has 144 valence electrons. The molecule has 0 bridgehead atoms. The fourth-order valence-corrected chi connectivity index (χ4v) is 2.29. The number of carbonyl (C=O) groups excluding carboxylic acids is 2. The van der Waals surface area contributed by atoms with Crippen LogP contribution in [-0.2, 0) is 22.6 Å². The van der Waals surface area contributed by atoms with Gasteiger partial charge in [-0.1, -0.05) is 24.3 Å². The zero-order valence-corrected chi connectivity index (χ0v) is 15.1. The second-order valence-corrected chi connectivity index (χ2v) is 6.04. The molecular formula is C20H23FN2O4. The van der Waals surface area contributed by atoms with Crippen molar-refractivity contribution in [3.8, 4) is 5.75 Å². The highest BCUT2D eigenvalue weighted by molar-refractivity contribution is 5.78. The number of aryl methyl sites for hydroxylation is 1. The van der Waals surface area contributed by atoms with Crippen LogP contribution in [0.2, 0.25) is 0 Å². The molecule has 0 saturated carbocycles. The lowest BCUT2D eigenvalue weighted by atomic mass is 10.1. The summed E-state index contributed by atoms with van der Waals surface area (Å²) in [4.78, 5) is 23.4. The Morgan fingerprint density at radius 1 is 1.04 bits per heavy atom. The minimum Gasteiger partial charge on any atom is -0.484 e. The number of nitrogens with one attached hydrogen (secondary N) is 2. The van der Waals surface area contributed by atoms with Gasteiger partial charge in [-0.15, -0.1) is 0 Å². The third kappa shape index (κ3) is 7.07. The van der Waals surface area contributed by atoms with Gasteiger partial charge in [0.15, 0.2) is 6.61 Å². The summed E-state index contributed by atoms with van der Waals surface area (Å²) in [5.41, 5.74) is 2.03. The van der Waals surface area contributed by atoms with Gasteiger partial charge in [0, 0.05) is 13.1 Å². The second-order valence-electron chi connectivity index (χ2n) is 6.04. The number of carbonyl (C=O) groups is 2. The largest absolute Gasteiger partial charge is 0.484 e. The molecule has 6 nitrogen and oxygen atoms in total. The van der Waals surface area contributed by atoms with Crippen LogP contribution in [0.4, 0.5) is 4.39 Å². The Balaban J connectivity index is 1.74. The maximum Gasteiger partial charge on any atom is 0.258 e. The molecule has 0 heterocycles. The van der Waals surface area contributed by atoms with Crippen LogP contribution in [0.3, 0.4) is 0 Å². The number of halogens is 1. The quantitative estimate of drug-likeness (QED) is 0.620. The van der Waals surface area contributed by atoms with Gasteiger partial charge >= 0.3 is 0 Å². The van der Waals surface area contributed by atoms with Crippen LogP contribution in [0.15, 0.2) is 42.5 Å². The van der Waals surface area contributed by atoms with Crippen LogP contribution in [0.1, 0.15) is 16.7 Å². The molecule has 2 aromatic rings. The van der Waals surface area contributed by atoms with Crippen molar-refractivity contribution in [2.75, 3.05) is 19.8 Å². The molecule has 0 aliphatic carbocycles. The fraction of sp³-hybridized carbons (Fsp3) is 0.300. The predicted octanol–water partition coefficient (Wildman–Crippen LogP) is 1.48. The van der Waals surface area contributed by atoms with E-state index in [4.69, 9.17) is 9.84 Å². The van der Waals surface area contributed by atoms with Crippen molar-refractivity contribution in [3.05, 3.63) is 65.0 Å². The summed E-state index contributed by atoms with van der Waals surface area (Å²) in [5, 5.41) is 13.9. The molecule has 0 unspecified atom stereocenters. The molecule has 0 spiro atoms. The molecule has 7 heteroatoms. The van der Waals surface area contributed by atoms with E-state index in [0.717, 1.165) is 5.56 Å². The first-order valence-corrected chi connectivity index (χ1v) is 8.59. The van der Waals surface area contributed by atoms with E-state index in [1.54, 1.807) is 43.3 Å². The minimum absolute atomic E-state index is 0.0978. The van der Waals surface area contributed by atoms with E-state index in [1.165, 1.54) is 6.07 Å². The number of aliphatic hydroxyl groups is 1. The molecule has 3 N–H and O–H groups in total. The average molecular weight is 374 g/mol. The number of hydrogen-bond donors (Lipinski definition) is 3. The Bertz CT molecular complexity index is 778. The van der Waals surface area contributed by atoms with Gasteiger partial charge in [0.1, 0.15) is 11.6 Å². The van der Waals surface area contributed by atoms with Gasteiger partial charge in [-0.25, -0.2) is 4.39 Å². The highest BCUT2D eigenvalue weighted by Crippen LogP contribution is 2.13.